The highest BCUT2D eigenvalue weighted by Gasteiger charge is 2.34. The van der Waals surface area contributed by atoms with Crippen molar-refractivity contribution in [3.8, 4) is 16.3 Å². The molecule has 6 nitrogen and oxygen atoms in total. The highest BCUT2D eigenvalue weighted by Crippen LogP contribution is 2.32. The fourth-order valence-electron chi connectivity index (χ4n) is 3.47. The molecule has 2 aromatic rings. The van der Waals surface area contributed by atoms with Gasteiger partial charge < -0.3 is 9.64 Å². The van der Waals surface area contributed by atoms with E-state index in [1.165, 1.54) is 11.3 Å². The molecule has 1 aromatic carbocycles. The molecule has 152 valence electrons. The van der Waals surface area contributed by atoms with Crippen LogP contribution in [0.15, 0.2) is 29.6 Å². The first-order chi connectivity index (χ1) is 13.4. The number of carbonyl (C=O) groups is 1. The lowest BCUT2D eigenvalue weighted by atomic mass is 10.1. The number of carbonyl (C=O) groups excluding carboxylic acids is 1. The summed E-state index contributed by atoms with van der Waals surface area (Å²) in [7, 11) is -3.03. The zero-order chi connectivity index (χ0) is 20.1. The van der Waals surface area contributed by atoms with Crippen LogP contribution in [0.4, 0.5) is 0 Å². The van der Waals surface area contributed by atoms with Gasteiger partial charge in [-0.3, -0.25) is 4.79 Å². The SMILES string of the molecule is CCCN(C(=O)Cc1csc(-c2ccccc2OCC)n1)C1CCS(=O)(=O)C1. The Kier molecular flexibility index (Phi) is 6.72. The molecule has 1 unspecified atom stereocenters. The third-order valence-electron chi connectivity index (χ3n) is 4.74. The van der Waals surface area contributed by atoms with Crippen LogP contribution in [-0.4, -0.2) is 54.9 Å². The summed E-state index contributed by atoms with van der Waals surface area (Å²) in [5.74, 6) is 0.961. The topological polar surface area (TPSA) is 76.6 Å². The fraction of sp³-hybridized carbons (Fsp3) is 0.500. The molecule has 1 amide bonds. The van der Waals surface area contributed by atoms with E-state index < -0.39 is 9.84 Å². The normalized spacial score (nSPS) is 18.1. The van der Waals surface area contributed by atoms with Gasteiger partial charge in [-0.05, 0) is 31.9 Å². The number of ether oxygens (including phenoxy) is 1. The molecule has 0 spiro atoms. The van der Waals surface area contributed by atoms with E-state index in [9.17, 15) is 13.2 Å². The maximum atomic E-state index is 12.9. The number of rotatable bonds is 8. The van der Waals surface area contributed by atoms with Crippen LogP contribution in [0.5, 0.6) is 5.75 Å². The summed E-state index contributed by atoms with van der Waals surface area (Å²) in [4.78, 5) is 19.3. The summed E-state index contributed by atoms with van der Waals surface area (Å²) in [5, 5.41) is 2.71. The molecule has 1 aliphatic heterocycles. The molecule has 2 heterocycles. The van der Waals surface area contributed by atoms with Crippen molar-refractivity contribution in [1.82, 2.24) is 9.88 Å². The van der Waals surface area contributed by atoms with Crippen LogP contribution >= 0.6 is 11.3 Å². The fourth-order valence-corrected chi connectivity index (χ4v) is 6.05. The standard InChI is InChI=1S/C20H26N2O4S2/c1-3-10-22(16-9-11-28(24,25)14-16)19(23)12-15-13-27-20(21-15)17-7-5-6-8-18(17)26-4-2/h5-8,13,16H,3-4,9-12,14H2,1-2H3. The lowest BCUT2D eigenvalue weighted by Crippen LogP contribution is -2.42. The van der Waals surface area contributed by atoms with Crippen LogP contribution in [0.2, 0.25) is 0 Å². The maximum absolute atomic E-state index is 12.9. The molecule has 1 atom stereocenters. The van der Waals surface area contributed by atoms with Gasteiger partial charge in [0.2, 0.25) is 5.91 Å². The van der Waals surface area contributed by atoms with E-state index in [4.69, 9.17) is 4.74 Å². The minimum atomic E-state index is -3.03. The van der Waals surface area contributed by atoms with Gasteiger partial charge in [0.05, 0.1) is 35.8 Å². The van der Waals surface area contributed by atoms with Crippen molar-refractivity contribution in [2.45, 2.75) is 39.2 Å². The largest absolute Gasteiger partial charge is 0.493 e. The molecule has 0 N–H and O–H groups in total. The van der Waals surface area contributed by atoms with Crippen LogP contribution in [0, 0.1) is 0 Å². The van der Waals surface area contributed by atoms with Crippen molar-refractivity contribution in [2.24, 2.45) is 0 Å². The highest BCUT2D eigenvalue weighted by molar-refractivity contribution is 7.91. The molecule has 1 aliphatic rings. The Labute approximate surface area is 170 Å². The van der Waals surface area contributed by atoms with Crippen LogP contribution in [0.1, 0.15) is 32.4 Å². The van der Waals surface area contributed by atoms with Gasteiger partial charge >= 0.3 is 0 Å². The molecule has 1 aromatic heterocycles. The summed E-state index contributed by atoms with van der Waals surface area (Å²) in [6.45, 7) is 5.08. The van der Waals surface area contributed by atoms with Crippen molar-refractivity contribution >= 4 is 27.1 Å². The summed E-state index contributed by atoms with van der Waals surface area (Å²) < 4.78 is 29.3. The minimum Gasteiger partial charge on any atom is -0.493 e. The zero-order valence-electron chi connectivity index (χ0n) is 16.3. The van der Waals surface area contributed by atoms with E-state index in [2.05, 4.69) is 4.98 Å². The molecule has 3 rings (SSSR count). The first-order valence-corrected chi connectivity index (χ1v) is 12.3. The Balaban J connectivity index is 1.74. The molecule has 0 saturated carbocycles. The summed E-state index contributed by atoms with van der Waals surface area (Å²) >= 11 is 1.48. The van der Waals surface area contributed by atoms with Gasteiger partial charge in [0.1, 0.15) is 10.8 Å². The number of para-hydroxylation sites is 1. The number of amides is 1. The van der Waals surface area contributed by atoms with Gasteiger partial charge in [-0.15, -0.1) is 11.3 Å². The third kappa shape index (κ3) is 4.91. The molecule has 1 fully saturated rings. The van der Waals surface area contributed by atoms with E-state index in [1.807, 2.05) is 43.5 Å². The molecule has 0 bridgehead atoms. The average molecular weight is 423 g/mol. The van der Waals surface area contributed by atoms with Crippen molar-refractivity contribution in [1.29, 1.82) is 0 Å². The number of hydrogen-bond donors (Lipinski definition) is 0. The van der Waals surface area contributed by atoms with E-state index in [0.29, 0.717) is 25.3 Å². The van der Waals surface area contributed by atoms with E-state index in [-0.39, 0.29) is 29.9 Å². The number of thiazole rings is 1. The molecule has 1 saturated heterocycles. The maximum Gasteiger partial charge on any atom is 0.228 e. The first kappa shape index (κ1) is 20.8. The predicted octanol–water partition coefficient (Wildman–Crippen LogP) is 3.18. The molecule has 28 heavy (non-hydrogen) atoms. The molecular formula is C20H26N2O4S2. The Bertz CT molecular complexity index is 924. The second-order valence-electron chi connectivity index (χ2n) is 6.89. The van der Waals surface area contributed by atoms with Crippen molar-refractivity contribution < 1.29 is 17.9 Å². The quantitative estimate of drug-likeness (QED) is 0.653. The molecule has 0 aliphatic carbocycles. The van der Waals surface area contributed by atoms with Crippen LogP contribution in [0.3, 0.4) is 0 Å². The van der Waals surface area contributed by atoms with E-state index in [1.54, 1.807) is 4.90 Å². The third-order valence-corrected chi connectivity index (χ3v) is 7.41. The van der Waals surface area contributed by atoms with Gasteiger partial charge in [0.25, 0.3) is 0 Å². The lowest BCUT2D eigenvalue weighted by Gasteiger charge is -2.27. The Hall–Kier alpha value is -1.93. The summed E-state index contributed by atoms with van der Waals surface area (Å²) in [5.41, 5.74) is 1.62. The second kappa shape index (κ2) is 9.05. The summed E-state index contributed by atoms with van der Waals surface area (Å²) in [6.07, 6.45) is 1.51. The monoisotopic (exact) mass is 422 g/mol. The molecule has 0 radical (unpaired) electrons. The summed E-state index contributed by atoms with van der Waals surface area (Å²) in [6, 6.07) is 7.52. The van der Waals surface area contributed by atoms with Crippen molar-refractivity contribution in [3.63, 3.8) is 0 Å². The Morgan fingerprint density at radius 1 is 1.32 bits per heavy atom. The number of sulfone groups is 1. The second-order valence-corrected chi connectivity index (χ2v) is 9.98. The van der Waals surface area contributed by atoms with E-state index >= 15 is 0 Å². The van der Waals surface area contributed by atoms with Gasteiger partial charge in [-0.2, -0.15) is 0 Å². The number of benzene rings is 1. The van der Waals surface area contributed by atoms with Crippen molar-refractivity contribution in [3.05, 3.63) is 35.3 Å². The predicted molar refractivity (Wildman–Crippen MR) is 111 cm³/mol. The van der Waals surface area contributed by atoms with Gasteiger partial charge in [0.15, 0.2) is 9.84 Å². The lowest BCUT2D eigenvalue weighted by molar-refractivity contribution is -0.132. The van der Waals surface area contributed by atoms with Crippen LogP contribution < -0.4 is 4.74 Å². The molecule has 8 heteroatoms. The smallest absolute Gasteiger partial charge is 0.228 e. The number of hydrogen-bond acceptors (Lipinski definition) is 6. The van der Waals surface area contributed by atoms with E-state index in [0.717, 1.165) is 22.7 Å². The average Bonchev–Trinajstić information content (AvgIpc) is 3.26. The first-order valence-electron chi connectivity index (χ1n) is 9.60. The van der Waals surface area contributed by atoms with Crippen LogP contribution in [0.25, 0.3) is 10.6 Å². The number of aromatic nitrogens is 1. The van der Waals surface area contributed by atoms with Gasteiger partial charge in [-0.25, -0.2) is 13.4 Å². The Morgan fingerprint density at radius 2 is 2.11 bits per heavy atom. The van der Waals surface area contributed by atoms with Crippen molar-refractivity contribution in [2.75, 3.05) is 24.7 Å². The van der Waals surface area contributed by atoms with Crippen LogP contribution in [-0.2, 0) is 21.1 Å². The zero-order valence-corrected chi connectivity index (χ0v) is 17.9. The highest BCUT2D eigenvalue weighted by atomic mass is 32.2. The van der Waals surface area contributed by atoms with Gasteiger partial charge in [-0.1, -0.05) is 19.1 Å². The minimum absolute atomic E-state index is 0.0566. The Morgan fingerprint density at radius 3 is 2.79 bits per heavy atom. The number of nitrogens with zero attached hydrogens (tertiary/aromatic N) is 2. The molecular weight excluding hydrogens is 396 g/mol. The van der Waals surface area contributed by atoms with Gasteiger partial charge in [0, 0.05) is 18.0 Å².